The van der Waals surface area contributed by atoms with Gasteiger partial charge in [-0.3, -0.25) is 9.59 Å². The molecule has 0 radical (unpaired) electrons. The predicted octanol–water partition coefficient (Wildman–Crippen LogP) is 1.89. The molecule has 0 aliphatic carbocycles. The van der Waals surface area contributed by atoms with Crippen LogP contribution in [-0.4, -0.2) is 35.0 Å². The van der Waals surface area contributed by atoms with E-state index in [1.54, 1.807) is 29.2 Å². The number of carboxylic acids is 1. The number of piperidine rings is 1. The van der Waals surface area contributed by atoms with Gasteiger partial charge in [0, 0.05) is 25.1 Å². The van der Waals surface area contributed by atoms with Gasteiger partial charge < -0.3 is 10.0 Å². The van der Waals surface area contributed by atoms with Gasteiger partial charge in [0.15, 0.2) is 0 Å². The molecule has 1 fully saturated rings. The number of amides is 1. The number of nitriles is 1. The van der Waals surface area contributed by atoms with Crippen molar-refractivity contribution in [2.45, 2.75) is 19.3 Å². The first-order chi connectivity index (χ1) is 9.60. The monoisotopic (exact) mass is 272 g/mol. The number of nitrogens with zero attached hydrogens (tertiary/aromatic N) is 2. The van der Waals surface area contributed by atoms with E-state index in [1.165, 1.54) is 0 Å². The van der Waals surface area contributed by atoms with Gasteiger partial charge in [-0.1, -0.05) is 6.07 Å². The van der Waals surface area contributed by atoms with E-state index in [1.807, 2.05) is 6.07 Å². The van der Waals surface area contributed by atoms with Crippen LogP contribution in [0.3, 0.4) is 0 Å². The van der Waals surface area contributed by atoms with Gasteiger partial charge in [-0.15, -0.1) is 0 Å². The van der Waals surface area contributed by atoms with Crippen LogP contribution in [0.15, 0.2) is 24.3 Å². The zero-order valence-corrected chi connectivity index (χ0v) is 11.1. The number of hydrogen-bond donors (Lipinski definition) is 1. The van der Waals surface area contributed by atoms with Gasteiger partial charge in [-0.2, -0.15) is 5.26 Å². The molecule has 0 bridgehead atoms. The van der Waals surface area contributed by atoms with Crippen LogP contribution < -0.4 is 0 Å². The maximum absolute atomic E-state index is 12.3. The largest absolute Gasteiger partial charge is 0.481 e. The number of carboxylic acid groups (broad SMARTS) is 1. The molecule has 0 spiro atoms. The minimum atomic E-state index is -0.781. The van der Waals surface area contributed by atoms with Crippen molar-refractivity contribution in [3.05, 3.63) is 35.4 Å². The van der Waals surface area contributed by atoms with Gasteiger partial charge in [-0.25, -0.2) is 0 Å². The Kier molecular flexibility index (Phi) is 4.36. The Hall–Kier alpha value is -2.35. The summed E-state index contributed by atoms with van der Waals surface area (Å²) in [6.07, 6.45) is 1.61. The molecule has 2 rings (SSSR count). The summed E-state index contributed by atoms with van der Waals surface area (Å²) in [4.78, 5) is 24.7. The second kappa shape index (κ2) is 6.20. The molecule has 5 heteroatoms. The van der Waals surface area contributed by atoms with Crippen LogP contribution in [0.4, 0.5) is 0 Å². The Bertz CT molecular complexity index is 554. The van der Waals surface area contributed by atoms with Crippen molar-refractivity contribution in [3.63, 3.8) is 0 Å². The number of hydrogen-bond acceptors (Lipinski definition) is 3. The highest BCUT2D eigenvalue weighted by Crippen LogP contribution is 2.22. The summed E-state index contributed by atoms with van der Waals surface area (Å²) in [7, 11) is 0. The fourth-order valence-corrected chi connectivity index (χ4v) is 2.49. The summed E-state index contributed by atoms with van der Waals surface area (Å²) < 4.78 is 0. The fourth-order valence-electron chi connectivity index (χ4n) is 2.49. The Labute approximate surface area is 117 Å². The summed E-state index contributed by atoms with van der Waals surface area (Å²) >= 11 is 0. The smallest absolute Gasteiger partial charge is 0.303 e. The number of benzene rings is 1. The van der Waals surface area contributed by atoms with Crippen molar-refractivity contribution >= 4 is 11.9 Å². The van der Waals surface area contributed by atoms with Crippen LogP contribution >= 0.6 is 0 Å². The average Bonchev–Trinajstić information content (AvgIpc) is 2.47. The quantitative estimate of drug-likeness (QED) is 0.911. The van der Waals surface area contributed by atoms with E-state index >= 15 is 0 Å². The molecule has 0 unspecified atom stereocenters. The van der Waals surface area contributed by atoms with E-state index in [0.29, 0.717) is 24.2 Å². The van der Waals surface area contributed by atoms with E-state index in [0.717, 1.165) is 12.8 Å². The van der Waals surface area contributed by atoms with Gasteiger partial charge in [-0.05, 0) is 37.0 Å². The molecule has 0 aromatic heterocycles. The SMILES string of the molecule is N#Cc1cccc(C(=O)N2CCC(CC(=O)O)CC2)c1. The zero-order valence-electron chi connectivity index (χ0n) is 11.1. The minimum absolute atomic E-state index is 0.0872. The Morgan fingerprint density at radius 2 is 2.05 bits per heavy atom. The standard InChI is InChI=1S/C15H16N2O3/c16-10-12-2-1-3-13(8-12)15(20)17-6-4-11(5-7-17)9-14(18)19/h1-3,8,11H,4-7,9H2,(H,18,19). The van der Waals surface area contributed by atoms with E-state index in [-0.39, 0.29) is 18.2 Å². The number of carbonyl (C=O) groups is 2. The first-order valence-corrected chi connectivity index (χ1v) is 6.61. The molecule has 0 saturated carbocycles. The highest BCUT2D eigenvalue weighted by atomic mass is 16.4. The van der Waals surface area contributed by atoms with Crippen LogP contribution in [-0.2, 0) is 4.79 Å². The molecule has 0 atom stereocenters. The lowest BCUT2D eigenvalue weighted by atomic mass is 9.93. The van der Waals surface area contributed by atoms with Crippen molar-refractivity contribution in [2.75, 3.05) is 13.1 Å². The molecular weight excluding hydrogens is 256 g/mol. The molecule has 1 heterocycles. The van der Waals surface area contributed by atoms with Crippen LogP contribution in [0.1, 0.15) is 35.2 Å². The molecule has 1 N–H and O–H groups in total. The molecule has 5 nitrogen and oxygen atoms in total. The maximum atomic E-state index is 12.3. The van der Waals surface area contributed by atoms with Gasteiger partial charge in [0.05, 0.1) is 11.6 Å². The maximum Gasteiger partial charge on any atom is 0.303 e. The first-order valence-electron chi connectivity index (χ1n) is 6.61. The molecule has 1 aromatic rings. The van der Waals surface area contributed by atoms with Crippen LogP contribution in [0, 0.1) is 17.2 Å². The lowest BCUT2D eigenvalue weighted by Gasteiger charge is -2.31. The molecule has 104 valence electrons. The summed E-state index contributed by atoms with van der Waals surface area (Å²) in [5.74, 6) is -0.714. The summed E-state index contributed by atoms with van der Waals surface area (Å²) in [6.45, 7) is 1.15. The highest BCUT2D eigenvalue weighted by molar-refractivity contribution is 5.94. The zero-order chi connectivity index (χ0) is 14.5. The number of likely N-dealkylation sites (tertiary alicyclic amines) is 1. The Morgan fingerprint density at radius 3 is 2.65 bits per heavy atom. The molecule has 1 aliphatic heterocycles. The van der Waals surface area contributed by atoms with Crippen molar-refractivity contribution in [2.24, 2.45) is 5.92 Å². The van der Waals surface area contributed by atoms with Gasteiger partial charge in [0.2, 0.25) is 0 Å². The highest BCUT2D eigenvalue weighted by Gasteiger charge is 2.24. The van der Waals surface area contributed by atoms with E-state index in [9.17, 15) is 9.59 Å². The second-order valence-electron chi connectivity index (χ2n) is 5.03. The van der Waals surface area contributed by atoms with Crippen molar-refractivity contribution in [3.8, 4) is 6.07 Å². The first kappa shape index (κ1) is 14.1. The molecule has 1 saturated heterocycles. The lowest BCUT2D eigenvalue weighted by Crippen LogP contribution is -2.38. The van der Waals surface area contributed by atoms with Crippen LogP contribution in [0.25, 0.3) is 0 Å². The Morgan fingerprint density at radius 1 is 1.35 bits per heavy atom. The third-order valence-corrected chi connectivity index (χ3v) is 3.60. The second-order valence-corrected chi connectivity index (χ2v) is 5.03. The number of aliphatic carboxylic acids is 1. The van der Waals surface area contributed by atoms with Crippen molar-refractivity contribution in [1.82, 2.24) is 4.90 Å². The lowest BCUT2D eigenvalue weighted by molar-refractivity contribution is -0.138. The van der Waals surface area contributed by atoms with E-state index < -0.39 is 5.97 Å². The minimum Gasteiger partial charge on any atom is -0.481 e. The molecule has 1 amide bonds. The normalized spacial score (nSPS) is 15.7. The number of carbonyl (C=O) groups excluding carboxylic acids is 1. The van der Waals surface area contributed by atoms with Gasteiger partial charge in [0.1, 0.15) is 0 Å². The molecule has 1 aromatic carbocycles. The predicted molar refractivity (Wildman–Crippen MR) is 72.0 cm³/mol. The molecule has 1 aliphatic rings. The fraction of sp³-hybridized carbons (Fsp3) is 0.400. The van der Waals surface area contributed by atoms with E-state index in [4.69, 9.17) is 10.4 Å². The summed E-state index contributed by atoms with van der Waals surface area (Å²) in [5.41, 5.74) is 0.984. The third-order valence-electron chi connectivity index (χ3n) is 3.60. The topological polar surface area (TPSA) is 81.4 Å². The molecule has 20 heavy (non-hydrogen) atoms. The Balaban J connectivity index is 1.98. The van der Waals surface area contributed by atoms with Crippen molar-refractivity contribution < 1.29 is 14.7 Å². The summed E-state index contributed by atoms with van der Waals surface area (Å²) in [6, 6.07) is 8.67. The molecular formula is C15H16N2O3. The van der Waals surface area contributed by atoms with Gasteiger partial charge >= 0.3 is 5.97 Å². The van der Waals surface area contributed by atoms with Crippen LogP contribution in [0.5, 0.6) is 0 Å². The third kappa shape index (κ3) is 3.35. The summed E-state index contributed by atoms with van der Waals surface area (Å²) in [5, 5.41) is 17.6. The average molecular weight is 272 g/mol. The van der Waals surface area contributed by atoms with Crippen molar-refractivity contribution in [1.29, 1.82) is 5.26 Å². The van der Waals surface area contributed by atoms with Crippen LogP contribution in [0.2, 0.25) is 0 Å². The van der Waals surface area contributed by atoms with E-state index in [2.05, 4.69) is 0 Å². The number of rotatable bonds is 3. The van der Waals surface area contributed by atoms with Gasteiger partial charge in [0.25, 0.3) is 5.91 Å².